The Morgan fingerprint density at radius 2 is 2.33 bits per heavy atom. The fourth-order valence-corrected chi connectivity index (χ4v) is 2.74. The molecule has 1 unspecified atom stereocenters. The standard InChI is InChI=1S/C13H19N3OS/c14-10-13(12-2-9-18-11-12)15-3-1-4-16-5-7-17-8-6-16/h2,9,11,13,15H,1,3-8H2. The van der Waals surface area contributed by atoms with Crippen LogP contribution in [0.2, 0.25) is 0 Å². The number of nitrogens with one attached hydrogen (secondary N) is 1. The first kappa shape index (κ1) is 13.5. The summed E-state index contributed by atoms with van der Waals surface area (Å²) in [7, 11) is 0. The van der Waals surface area contributed by atoms with Gasteiger partial charge in [0, 0.05) is 13.1 Å². The summed E-state index contributed by atoms with van der Waals surface area (Å²) in [5, 5.41) is 16.4. The molecule has 98 valence electrons. The number of rotatable bonds is 6. The summed E-state index contributed by atoms with van der Waals surface area (Å²) in [6, 6.07) is 4.15. The third-order valence-electron chi connectivity index (χ3n) is 3.11. The molecule has 5 heteroatoms. The molecule has 0 amide bonds. The van der Waals surface area contributed by atoms with Crippen LogP contribution in [0.25, 0.3) is 0 Å². The first-order chi connectivity index (χ1) is 8.90. The highest BCUT2D eigenvalue weighted by Crippen LogP contribution is 2.15. The van der Waals surface area contributed by atoms with Gasteiger partial charge in [-0.25, -0.2) is 0 Å². The van der Waals surface area contributed by atoms with Gasteiger partial charge in [0.25, 0.3) is 0 Å². The Bertz CT molecular complexity index is 368. The Kier molecular flexibility index (Phi) is 5.62. The number of ether oxygens (including phenoxy) is 1. The molecule has 2 rings (SSSR count). The summed E-state index contributed by atoms with van der Waals surface area (Å²) in [5.41, 5.74) is 1.08. The second kappa shape index (κ2) is 7.49. The van der Waals surface area contributed by atoms with E-state index in [-0.39, 0.29) is 6.04 Å². The molecular formula is C13H19N3OS. The molecule has 1 aliphatic heterocycles. The van der Waals surface area contributed by atoms with Crippen molar-refractivity contribution in [2.24, 2.45) is 0 Å². The second-order valence-electron chi connectivity index (χ2n) is 4.38. The average molecular weight is 265 g/mol. The molecule has 1 saturated heterocycles. The second-order valence-corrected chi connectivity index (χ2v) is 5.16. The van der Waals surface area contributed by atoms with Gasteiger partial charge in [0.2, 0.25) is 0 Å². The zero-order valence-electron chi connectivity index (χ0n) is 10.5. The zero-order valence-corrected chi connectivity index (χ0v) is 11.3. The summed E-state index contributed by atoms with van der Waals surface area (Å²) in [5.74, 6) is 0. The van der Waals surface area contributed by atoms with Crippen LogP contribution in [0.3, 0.4) is 0 Å². The van der Waals surface area contributed by atoms with Crippen LogP contribution in [-0.4, -0.2) is 44.3 Å². The van der Waals surface area contributed by atoms with Crippen LogP contribution >= 0.6 is 11.3 Å². The van der Waals surface area contributed by atoms with Crippen LogP contribution in [0, 0.1) is 11.3 Å². The summed E-state index contributed by atoms with van der Waals surface area (Å²) < 4.78 is 5.31. The van der Waals surface area contributed by atoms with Gasteiger partial charge in [0.1, 0.15) is 6.04 Å². The zero-order chi connectivity index (χ0) is 12.6. The quantitative estimate of drug-likeness (QED) is 0.794. The molecule has 0 aliphatic carbocycles. The van der Waals surface area contributed by atoms with E-state index in [2.05, 4.69) is 16.3 Å². The van der Waals surface area contributed by atoms with Gasteiger partial charge >= 0.3 is 0 Å². The van der Waals surface area contributed by atoms with Crippen molar-refractivity contribution in [2.45, 2.75) is 12.5 Å². The van der Waals surface area contributed by atoms with Crippen molar-refractivity contribution >= 4 is 11.3 Å². The van der Waals surface area contributed by atoms with Crippen molar-refractivity contribution in [3.8, 4) is 6.07 Å². The van der Waals surface area contributed by atoms with Crippen molar-refractivity contribution < 1.29 is 4.74 Å². The highest BCUT2D eigenvalue weighted by atomic mass is 32.1. The highest BCUT2D eigenvalue weighted by Gasteiger charge is 2.11. The summed E-state index contributed by atoms with van der Waals surface area (Å²) >= 11 is 1.63. The minimum Gasteiger partial charge on any atom is -0.379 e. The van der Waals surface area contributed by atoms with E-state index in [0.717, 1.165) is 51.4 Å². The molecule has 4 nitrogen and oxygen atoms in total. The number of hydrogen-bond donors (Lipinski definition) is 1. The molecule has 1 fully saturated rings. The third-order valence-corrected chi connectivity index (χ3v) is 3.81. The Morgan fingerprint density at radius 1 is 1.50 bits per heavy atom. The predicted octanol–water partition coefficient (Wildman–Crippen LogP) is 1.62. The van der Waals surface area contributed by atoms with Gasteiger partial charge in [0.15, 0.2) is 0 Å². The minimum absolute atomic E-state index is 0.166. The van der Waals surface area contributed by atoms with Crippen molar-refractivity contribution in [3.63, 3.8) is 0 Å². The molecule has 1 aromatic rings. The van der Waals surface area contributed by atoms with Gasteiger partial charge in [0.05, 0.1) is 19.3 Å². The van der Waals surface area contributed by atoms with Crippen molar-refractivity contribution in [2.75, 3.05) is 39.4 Å². The fraction of sp³-hybridized carbons (Fsp3) is 0.615. The maximum absolute atomic E-state index is 9.11. The molecule has 1 N–H and O–H groups in total. The van der Waals surface area contributed by atoms with Crippen LogP contribution in [0.4, 0.5) is 0 Å². The van der Waals surface area contributed by atoms with E-state index in [0.29, 0.717) is 0 Å². The fourth-order valence-electron chi connectivity index (χ4n) is 2.05. The van der Waals surface area contributed by atoms with Crippen molar-refractivity contribution in [3.05, 3.63) is 22.4 Å². The Hall–Kier alpha value is -0.930. The molecule has 1 aromatic heterocycles. The molecular weight excluding hydrogens is 246 g/mol. The van der Waals surface area contributed by atoms with Crippen molar-refractivity contribution in [1.29, 1.82) is 5.26 Å². The number of nitriles is 1. The van der Waals surface area contributed by atoms with E-state index in [1.165, 1.54) is 0 Å². The first-order valence-corrected chi connectivity index (χ1v) is 7.29. The molecule has 1 aliphatic rings. The Labute approximate surface area is 112 Å². The third kappa shape index (κ3) is 4.07. The lowest BCUT2D eigenvalue weighted by molar-refractivity contribution is 0.0374. The first-order valence-electron chi connectivity index (χ1n) is 6.35. The summed E-state index contributed by atoms with van der Waals surface area (Å²) in [4.78, 5) is 2.41. The van der Waals surface area contributed by atoms with Crippen LogP contribution in [0.15, 0.2) is 16.8 Å². The van der Waals surface area contributed by atoms with Crippen LogP contribution < -0.4 is 5.32 Å². The minimum atomic E-state index is -0.166. The number of nitrogens with zero attached hydrogens (tertiary/aromatic N) is 2. The smallest absolute Gasteiger partial charge is 0.122 e. The van der Waals surface area contributed by atoms with Gasteiger partial charge in [-0.15, -0.1) is 0 Å². The van der Waals surface area contributed by atoms with E-state index in [4.69, 9.17) is 10.00 Å². The van der Waals surface area contributed by atoms with E-state index < -0.39 is 0 Å². The lowest BCUT2D eigenvalue weighted by Gasteiger charge is -2.26. The molecule has 0 aromatic carbocycles. The highest BCUT2D eigenvalue weighted by molar-refractivity contribution is 7.08. The topological polar surface area (TPSA) is 48.3 Å². The molecule has 2 heterocycles. The molecule has 0 radical (unpaired) electrons. The van der Waals surface area contributed by atoms with Crippen LogP contribution in [-0.2, 0) is 4.74 Å². The Morgan fingerprint density at radius 3 is 3.00 bits per heavy atom. The summed E-state index contributed by atoms with van der Waals surface area (Å²) in [6.45, 7) is 5.73. The number of morpholine rings is 1. The molecule has 18 heavy (non-hydrogen) atoms. The molecule has 0 spiro atoms. The van der Waals surface area contributed by atoms with E-state index in [1.54, 1.807) is 11.3 Å². The van der Waals surface area contributed by atoms with Crippen LogP contribution in [0.5, 0.6) is 0 Å². The van der Waals surface area contributed by atoms with E-state index in [1.807, 2.05) is 16.8 Å². The van der Waals surface area contributed by atoms with Gasteiger partial charge in [-0.2, -0.15) is 16.6 Å². The van der Waals surface area contributed by atoms with E-state index in [9.17, 15) is 0 Å². The predicted molar refractivity (Wildman–Crippen MR) is 72.6 cm³/mol. The normalized spacial score (nSPS) is 18.4. The van der Waals surface area contributed by atoms with Crippen LogP contribution in [0.1, 0.15) is 18.0 Å². The van der Waals surface area contributed by atoms with E-state index >= 15 is 0 Å². The SMILES string of the molecule is N#CC(NCCCN1CCOCC1)c1ccsc1. The maximum Gasteiger partial charge on any atom is 0.122 e. The lowest BCUT2D eigenvalue weighted by atomic mass is 10.2. The Balaban J connectivity index is 1.63. The summed E-state index contributed by atoms with van der Waals surface area (Å²) in [6.07, 6.45) is 1.07. The monoisotopic (exact) mass is 265 g/mol. The van der Waals surface area contributed by atoms with Gasteiger partial charge < -0.3 is 4.74 Å². The van der Waals surface area contributed by atoms with Gasteiger partial charge in [-0.05, 0) is 41.9 Å². The molecule has 0 saturated carbocycles. The molecule has 1 atom stereocenters. The van der Waals surface area contributed by atoms with Gasteiger partial charge in [-0.3, -0.25) is 10.2 Å². The average Bonchev–Trinajstić information content (AvgIpc) is 2.94. The number of thiophene rings is 1. The lowest BCUT2D eigenvalue weighted by Crippen LogP contribution is -2.37. The largest absolute Gasteiger partial charge is 0.379 e. The molecule has 0 bridgehead atoms. The number of hydrogen-bond acceptors (Lipinski definition) is 5. The van der Waals surface area contributed by atoms with Gasteiger partial charge in [-0.1, -0.05) is 0 Å². The maximum atomic E-state index is 9.11. The van der Waals surface area contributed by atoms with Crippen molar-refractivity contribution in [1.82, 2.24) is 10.2 Å².